The van der Waals surface area contributed by atoms with E-state index in [0.29, 0.717) is 16.9 Å². The van der Waals surface area contributed by atoms with Crippen molar-refractivity contribution in [2.75, 3.05) is 0 Å². The highest BCUT2D eigenvalue weighted by atomic mass is 16.6. The molecule has 0 radical (unpaired) electrons. The number of ether oxygens (including phenoxy) is 1. The summed E-state index contributed by atoms with van der Waals surface area (Å²) in [6.07, 6.45) is -0.717. The van der Waals surface area contributed by atoms with E-state index in [0.717, 1.165) is 5.56 Å². The second-order valence-corrected chi connectivity index (χ2v) is 5.00. The summed E-state index contributed by atoms with van der Waals surface area (Å²) in [6.45, 7) is 5.19. The number of aliphatic hydroxyl groups is 1. The third-order valence-electron chi connectivity index (χ3n) is 3.18. The van der Waals surface area contributed by atoms with Crippen LogP contribution in [0.3, 0.4) is 0 Å². The molecule has 2 aromatic carbocycles. The summed E-state index contributed by atoms with van der Waals surface area (Å²) in [7, 11) is 0. The Labute approximate surface area is 123 Å². The first kappa shape index (κ1) is 15.0. The quantitative estimate of drug-likeness (QED) is 0.680. The lowest BCUT2D eigenvalue weighted by Crippen LogP contribution is -2.00. The van der Waals surface area contributed by atoms with Crippen molar-refractivity contribution in [3.8, 4) is 11.5 Å². The van der Waals surface area contributed by atoms with Crippen LogP contribution in [0.15, 0.2) is 36.4 Å². The minimum Gasteiger partial charge on any atom is -0.449 e. The highest BCUT2D eigenvalue weighted by Gasteiger charge is 2.20. The molecule has 2 rings (SSSR count). The summed E-state index contributed by atoms with van der Waals surface area (Å²) in [5.74, 6) is 0.626. The molecule has 0 fully saturated rings. The van der Waals surface area contributed by atoms with Crippen molar-refractivity contribution in [3.63, 3.8) is 0 Å². The van der Waals surface area contributed by atoms with Gasteiger partial charge in [-0.2, -0.15) is 0 Å². The van der Waals surface area contributed by atoms with Crippen LogP contribution >= 0.6 is 0 Å². The van der Waals surface area contributed by atoms with Crippen LogP contribution in [0, 0.1) is 24.0 Å². The molecule has 0 aromatic heterocycles. The molecule has 0 aliphatic heterocycles. The van der Waals surface area contributed by atoms with Gasteiger partial charge in [0.25, 0.3) is 0 Å². The number of aliphatic hydroxyl groups excluding tert-OH is 1. The lowest BCUT2D eigenvalue weighted by molar-refractivity contribution is -0.385. The summed E-state index contributed by atoms with van der Waals surface area (Å²) < 4.78 is 5.75. The van der Waals surface area contributed by atoms with Gasteiger partial charge in [0.05, 0.1) is 11.0 Å². The van der Waals surface area contributed by atoms with Gasteiger partial charge >= 0.3 is 5.69 Å². The van der Waals surface area contributed by atoms with Gasteiger partial charge < -0.3 is 9.84 Å². The summed E-state index contributed by atoms with van der Waals surface area (Å²) in [5, 5.41) is 21.0. The highest BCUT2D eigenvalue weighted by Crippen LogP contribution is 2.37. The van der Waals surface area contributed by atoms with Crippen molar-refractivity contribution in [1.82, 2.24) is 0 Å². The van der Waals surface area contributed by atoms with E-state index in [2.05, 4.69) is 0 Å². The number of rotatable bonds is 4. The van der Waals surface area contributed by atoms with Crippen LogP contribution < -0.4 is 4.74 Å². The van der Waals surface area contributed by atoms with Gasteiger partial charge in [-0.3, -0.25) is 10.1 Å². The van der Waals surface area contributed by atoms with Crippen molar-refractivity contribution in [3.05, 3.63) is 63.2 Å². The number of hydrogen-bond acceptors (Lipinski definition) is 4. The third-order valence-corrected chi connectivity index (χ3v) is 3.18. The van der Waals surface area contributed by atoms with Gasteiger partial charge in [-0.1, -0.05) is 24.3 Å². The summed E-state index contributed by atoms with van der Waals surface area (Å²) in [5.41, 5.74) is 2.00. The zero-order valence-electron chi connectivity index (χ0n) is 12.2. The number of hydrogen-bond donors (Lipinski definition) is 1. The standard InChI is InChI=1S/C16H17NO4/c1-10-8-11(2)16(14(9-10)17(19)20)21-15-7-5-4-6-13(15)12(3)18/h4-9,12,18H,1-3H3/t12-/m1/s1. The average molecular weight is 287 g/mol. The normalized spacial score (nSPS) is 12.0. The van der Waals surface area contributed by atoms with Crippen LogP contribution in [-0.2, 0) is 0 Å². The molecule has 0 saturated heterocycles. The highest BCUT2D eigenvalue weighted by molar-refractivity contribution is 5.56. The number of nitro groups is 1. The molecular formula is C16H17NO4. The van der Waals surface area contributed by atoms with E-state index < -0.39 is 11.0 Å². The predicted molar refractivity (Wildman–Crippen MR) is 79.7 cm³/mol. The Hall–Kier alpha value is -2.40. The fourth-order valence-electron chi connectivity index (χ4n) is 2.23. The van der Waals surface area contributed by atoms with Crippen LogP contribution in [0.1, 0.15) is 29.7 Å². The maximum Gasteiger partial charge on any atom is 0.312 e. The second kappa shape index (κ2) is 5.93. The van der Waals surface area contributed by atoms with Gasteiger partial charge in [-0.25, -0.2) is 0 Å². The molecule has 0 bridgehead atoms. The third kappa shape index (κ3) is 3.20. The molecule has 0 spiro atoms. The SMILES string of the molecule is Cc1cc(C)c(Oc2ccccc2[C@@H](C)O)c([N+](=O)[O-])c1. The monoisotopic (exact) mass is 287 g/mol. The fourth-order valence-corrected chi connectivity index (χ4v) is 2.23. The molecule has 0 saturated carbocycles. The van der Waals surface area contributed by atoms with E-state index in [4.69, 9.17) is 4.74 Å². The summed E-state index contributed by atoms with van der Waals surface area (Å²) in [6, 6.07) is 10.3. The van der Waals surface area contributed by atoms with Crippen molar-refractivity contribution < 1.29 is 14.8 Å². The molecule has 0 heterocycles. The number of aryl methyl sites for hydroxylation is 2. The number of nitrogens with zero attached hydrogens (tertiary/aromatic N) is 1. The van der Waals surface area contributed by atoms with Crippen LogP contribution in [0.4, 0.5) is 5.69 Å². The van der Waals surface area contributed by atoms with E-state index in [-0.39, 0.29) is 11.4 Å². The molecule has 1 N–H and O–H groups in total. The van der Waals surface area contributed by atoms with E-state index in [9.17, 15) is 15.2 Å². The first-order chi connectivity index (χ1) is 9.90. The number of para-hydroxylation sites is 1. The number of benzene rings is 2. The van der Waals surface area contributed by atoms with Crippen LogP contribution in [0.25, 0.3) is 0 Å². The van der Waals surface area contributed by atoms with Crippen LogP contribution in [0.5, 0.6) is 11.5 Å². The Bertz CT molecular complexity index is 680. The lowest BCUT2D eigenvalue weighted by Gasteiger charge is -2.14. The molecule has 1 atom stereocenters. The Kier molecular flexibility index (Phi) is 4.23. The molecule has 2 aromatic rings. The van der Waals surface area contributed by atoms with E-state index >= 15 is 0 Å². The molecular weight excluding hydrogens is 270 g/mol. The molecule has 0 unspecified atom stereocenters. The van der Waals surface area contributed by atoms with Crippen molar-refractivity contribution in [1.29, 1.82) is 0 Å². The Morgan fingerprint density at radius 2 is 1.90 bits per heavy atom. The zero-order chi connectivity index (χ0) is 15.6. The minimum atomic E-state index is -0.717. The zero-order valence-corrected chi connectivity index (χ0v) is 12.2. The van der Waals surface area contributed by atoms with Crippen molar-refractivity contribution in [2.45, 2.75) is 26.9 Å². The largest absolute Gasteiger partial charge is 0.449 e. The topological polar surface area (TPSA) is 72.6 Å². The minimum absolute atomic E-state index is 0.0760. The van der Waals surface area contributed by atoms with E-state index in [1.54, 1.807) is 45.0 Å². The van der Waals surface area contributed by atoms with Gasteiger partial charge in [-0.05, 0) is 38.0 Å². The predicted octanol–water partition coefficient (Wildman–Crippen LogP) is 4.06. The van der Waals surface area contributed by atoms with Gasteiger partial charge in [0.2, 0.25) is 5.75 Å². The maximum atomic E-state index is 11.2. The Morgan fingerprint density at radius 3 is 2.52 bits per heavy atom. The van der Waals surface area contributed by atoms with Gasteiger partial charge in [0.1, 0.15) is 5.75 Å². The molecule has 0 aliphatic rings. The molecule has 5 heteroatoms. The van der Waals surface area contributed by atoms with Crippen LogP contribution in [-0.4, -0.2) is 10.0 Å². The summed E-state index contributed by atoms with van der Waals surface area (Å²) in [4.78, 5) is 10.8. The first-order valence-electron chi connectivity index (χ1n) is 6.60. The molecule has 5 nitrogen and oxygen atoms in total. The molecule has 0 aliphatic carbocycles. The smallest absolute Gasteiger partial charge is 0.312 e. The first-order valence-corrected chi connectivity index (χ1v) is 6.60. The number of nitro benzene ring substituents is 1. The molecule has 110 valence electrons. The Morgan fingerprint density at radius 1 is 1.24 bits per heavy atom. The van der Waals surface area contributed by atoms with Crippen molar-refractivity contribution >= 4 is 5.69 Å². The average Bonchev–Trinajstić information content (AvgIpc) is 2.41. The van der Waals surface area contributed by atoms with E-state index in [1.807, 2.05) is 6.07 Å². The van der Waals surface area contributed by atoms with Gasteiger partial charge in [-0.15, -0.1) is 0 Å². The van der Waals surface area contributed by atoms with E-state index in [1.165, 1.54) is 6.07 Å². The van der Waals surface area contributed by atoms with Gasteiger partial charge in [0.15, 0.2) is 0 Å². The lowest BCUT2D eigenvalue weighted by atomic mass is 10.1. The molecule has 21 heavy (non-hydrogen) atoms. The summed E-state index contributed by atoms with van der Waals surface area (Å²) >= 11 is 0. The fraction of sp³-hybridized carbons (Fsp3) is 0.250. The van der Waals surface area contributed by atoms with Crippen molar-refractivity contribution in [2.24, 2.45) is 0 Å². The van der Waals surface area contributed by atoms with Crippen LogP contribution in [0.2, 0.25) is 0 Å². The second-order valence-electron chi connectivity index (χ2n) is 5.00. The molecule has 0 amide bonds. The van der Waals surface area contributed by atoms with Gasteiger partial charge in [0, 0.05) is 11.6 Å². The maximum absolute atomic E-state index is 11.2. The Balaban J connectivity index is 2.52.